The Labute approximate surface area is 116 Å². The maximum absolute atomic E-state index is 12.4. The van der Waals surface area contributed by atoms with Gasteiger partial charge in [-0.1, -0.05) is 6.42 Å². The van der Waals surface area contributed by atoms with Crippen LogP contribution in [0.15, 0.2) is 0 Å². The lowest BCUT2D eigenvalue weighted by molar-refractivity contribution is -0.127. The van der Waals surface area contributed by atoms with Gasteiger partial charge in [-0.15, -0.1) is 0 Å². The molecule has 4 fully saturated rings. The van der Waals surface area contributed by atoms with E-state index >= 15 is 0 Å². The second kappa shape index (κ2) is 4.76. The van der Waals surface area contributed by atoms with Gasteiger partial charge in [-0.3, -0.25) is 4.79 Å². The number of nitrogens with one attached hydrogen (secondary N) is 1. The number of hydrogen-bond donors (Lipinski definition) is 1. The molecule has 0 aromatic rings. The van der Waals surface area contributed by atoms with E-state index in [4.69, 9.17) is 0 Å². The molecule has 1 N–H and O–H groups in total. The molecule has 1 heterocycles. The van der Waals surface area contributed by atoms with Gasteiger partial charge in [-0.2, -0.15) is 0 Å². The molecular formula is C16H26N2O. The zero-order valence-electron chi connectivity index (χ0n) is 11.8. The van der Waals surface area contributed by atoms with E-state index in [-0.39, 0.29) is 0 Å². The highest BCUT2D eigenvalue weighted by Crippen LogP contribution is 2.48. The second-order valence-corrected chi connectivity index (χ2v) is 7.48. The van der Waals surface area contributed by atoms with Crippen molar-refractivity contribution < 1.29 is 4.79 Å². The molecule has 1 saturated heterocycles. The minimum atomic E-state index is 0.358. The van der Waals surface area contributed by atoms with E-state index in [0.29, 0.717) is 23.8 Å². The summed E-state index contributed by atoms with van der Waals surface area (Å²) in [5, 5.41) is 3.35. The molecule has 1 aliphatic heterocycles. The third-order valence-electron chi connectivity index (χ3n) is 5.91. The molecule has 19 heavy (non-hydrogen) atoms. The smallest absolute Gasteiger partial charge is 0.223 e. The summed E-state index contributed by atoms with van der Waals surface area (Å²) >= 11 is 0. The SMILES string of the molecule is O=C(NC1CCN(CC2CC2)C1)C1CC2CCC1C2. The first kappa shape index (κ1) is 12.2. The lowest BCUT2D eigenvalue weighted by atomic mass is 9.88. The quantitative estimate of drug-likeness (QED) is 0.840. The molecule has 4 aliphatic rings. The van der Waals surface area contributed by atoms with Crippen molar-refractivity contribution in [1.82, 2.24) is 10.2 Å². The fourth-order valence-electron chi connectivity index (χ4n) is 4.66. The Morgan fingerprint density at radius 3 is 2.68 bits per heavy atom. The fraction of sp³-hybridized carbons (Fsp3) is 0.938. The summed E-state index contributed by atoms with van der Waals surface area (Å²) in [4.78, 5) is 15.0. The standard InChI is InChI=1S/C16H26N2O/c19-16(15-8-12-3-4-13(15)7-12)17-14-5-6-18(10-14)9-11-1-2-11/h11-15H,1-10H2,(H,17,19). The van der Waals surface area contributed by atoms with Crippen molar-refractivity contribution in [3.63, 3.8) is 0 Å². The predicted octanol–water partition coefficient (Wildman–Crippen LogP) is 2.02. The van der Waals surface area contributed by atoms with Gasteiger partial charge in [0.05, 0.1) is 0 Å². The number of hydrogen-bond acceptors (Lipinski definition) is 2. The van der Waals surface area contributed by atoms with Crippen molar-refractivity contribution in [2.24, 2.45) is 23.7 Å². The van der Waals surface area contributed by atoms with Crippen molar-refractivity contribution in [2.45, 2.75) is 51.0 Å². The third kappa shape index (κ3) is 2.54. The molecule has 3 heteroatoms. The molecular weight excluding hydrogens is 236 g/mol. The molecule has 0 aromatic heterocycles. The minimum Gasteiger partial charge on any atom is -0.352 e. The van der Waals surface area contributed by atoms with E-state index in [2.05, 4.69) is 10.2 Å². The van der Waals surface area contributed by atoms with Gasteiger partial charge in [-0.25, -0.2) is 0 Å². The zero-order valence-corrected chi connectivity index (χ0v) is 11.8. The summed E-state index contributed by atoms with van der Waals surface area (Å²) in [6.45, 7) is 3.57. The number of carbonyl (C=O) groups is 1. The monoisotopic (exact) mass is 262 g/mol. The van der Waals surface area contributed by atoms with Crippen molar-refractivity contribution in [1.29, 1.82) is 0 Å². The number of amides is 1. The van der Waals surface area contributed by atoms with Gasteiger partial charge in [0, 0.05) is 31.6 Å². The molecule has 3 nitrogen and oxygen atoms in total. The van der Waals surface area contributed by atoms with E-state index in [0.717, 1.165) is 18.4 Å². The van der Waals surface area contributed by atoms with Crippen molar-refractivity contribution in [2.75, 3.05) is 19.6 Å². The number of nitrogens with zero attached hydrogens (tertiary/aromatic N) is 1. The predicted molar refractivity (Wildman–Crippen MR) is 74.6 cm³/mol. The topological polar surface area (TPSA) is 32.3 Å². The van der Waals surface area contributed by atoms with Gasteiger partial charge in [0.25, 0.3) is 0 Å². The van der Waals surface area contributed by atoms with Gasteiger partial charge in [0.15, 0.2) is 0 Å². The lowest BCUT2D eigenvalue weighted by Gasteiger charge is -2.23. The molecule has 4 atom stereocenters. The Kier molecular flexibility index (Phi) is 3.06. The van der Waals surface area contributed by atoms with Gasteiger partial charge < -0.3 is 10.2 Å². The number of rotatable bonds is 4. The lowest BCUT2D eigenvalue weighted by Crippen LogP contribution is -2.42. The maximum Gasteiger partial charge on any atom is 0.223 e. The summed E-state index contributed by atoms with van der Waals surface area (Å²) in [7, 11) is 0. The molecule has 0 spiro atoms. The molecule has 1 amide bonds. The highest BCUT2D eigenvalue weighted by molar-refractivity contribution is 5.79. The van der Waals surface area contributed by atoms with E-state index in [1.165, 1.54) is 58.0 Å². The van der Waals surface area contributed by atoms with Gasteiger partial charge in [-0.05, 0) is 56.3 Å². The van der Waals surface area contributed by atoms with E-state index in [9.17, 15) is 4.79 Å². The van der Waals surface area contributed by atoms with Crippen molar-refractivity contribution in [3.8, 4) is 0 Å². The van der Waals surface area contributed by atoms with Crippen LogP contribution < -0.4 is 5.32 Å². The normalized spacial score (nSPS) is 41.9. The molecule has 0 aromatic carbocycles. The van der Waals surface area contributed by atoms with E-state index < -0.39 is 0 Å². The molecule has 4 rings (SSSR count). The average molecular weight is 262 g/mol. The first-order valence-electron chi connectivity index (χ1n) is 8.30. The van der Waals surface area contributed by atoms with Crippen LogP contribution >= 0.6 is 0 Å². The van der Waals surface area contributed by atoms with Gasteiger partial charge in [0.1, 0.15) is 0 Å². The fourth-order valence-corrected chi connectivity index (χ4v) is 4.66. The Hall–Kier alpha value is -0.570. The van der Waals surface area contributed by atoms with Crippen LogP contribution in [0.3, 0.4) is 0 Å². The average Bonchev–Trinajstić information content (AvgIpc) is 2.81. The number of fused-ring (bicyclic) bond motifs is 2. The van der Waals surface area contributed by atoms with Crippen LogP contribution in [0.5, 0.6) is 0 Å². The summed E-state index contributed by atoms with van der Waals surface area (Å²) < 4.78 is 0. The van der Waals surface area contributed by atoms with Crippen LogP contribution in [0.2, 0.25) is 0 Å². The first-order chi connectivity index (χ1) is 9.28. The molecule has 106 valence electrons. The van der Waals surface area contributed by atoms with Gasteiger partial charge >= 0.3 is 0 Å². The van der Waals surface area contributed by atoms with Crippen molar-refractivity contribution in [3.05, 3.63) is 0 Å². The molecule has 3 saturated carbocycles. The summed E-state index contributed by atoms with van der Waals surface area (Å²) in [5.74, 6) is 3.30. The summed E-state index contributed by atoms with van der Waals surface area (Å²) in [6, 6.07) is 0.436. The molecule has 3 aliphatic carbocycles. The first-order valence-corrected chi connectivity index (χ1v) is 8.30. The Morgan fingerprint density at radius 2 is 2.00 bits per heavy atom. The van der Waals surface area contributed by atoms with E-state index in [1.807, 2.05) is 0 Å². The van der Waals surface area contributed by atoms with Crippen LogP contribution in [0.4, 0.5) is 0 Å². The highest BCUT2D eigenvalue weighted by atomic mass is 16.2. The Balaban J connectivity index is 1.26. The summed E-state index contributed by atoms with van der Waals surface area (Å²) in [5.41, 5.74) is 0. The van der Waals surface area contributed by atoms with E-state index in [1.54, 1.807) is 0 Å². The van der Waals surface area contributed by atoms with Gasteiger partial charge in [0.2, 0.25) is 5.91 Å². The highest BCUT2D eigenvalue weighted by Gasteiger charge is 2.43. The van der Waals surface area contributed by atoms with Crippen molar-refractivity contribution >= 4 is 5.91 Å². The minimum absolute atomic E-state index is 0.358. The Morgan fingerprint density at radius 1 is 1.11 bits per heavy atom. The largest absolute Gasteiger partial charge is 0.352 e. The number of likely N-dealkylation sites (tertiary alicyclic amines) is 1. The third-order valence-corrected chi connectivity index (χ3v) is 5.91. The zero-order chi connectivity index (χ0) is 12.8. The van der Waals surface area contributed by atoms with Crippen LogP contribution in [-0.4, -0.2) is 36.5 Å². The molecule has 2 bridgehead atoms. The van der Waals surface area contributed by atoms with Crippen LogP contribution in [0, 0.1) is 23.7 Å². The van der Waals surface area contributed by atoms with Crippen LogP contribution in [0.25, 0.3) is 0 Å². The summed E-state index contributed by atoms with van der Waals surface area (Å²) in [6.07, 6.45) is 9.22. The molecule has 4 unspecified atom stereocenters. The second-order valence-electron chi connectivity index (χ2n) is 7.48. The van der Waals surface area contributed by atoms with Crippen LogP contribution in [0.1, 0.15) is 44.9 Å². The Bertz CT molecular complexity index is 366. The maximum atomic E-state index is 12.4. The molecule has 0 radical (unpaired) electrons. The number of carbonyl (C=O) groups excluding carboxylic acids is 1. The van der Waals surface area contributed by atoms with Crippen LogP contribution in [-0.2, 0) is 4.79 Å².